The van der Waals surface area contributed by atoms with Gasteiger partial charge in [-0.2, -0.15) is 0 Å². The van der Waals surface area contributed by atoms with Crippen LogP contribution in [-0.4, -0.2) is 47.7 Å². The van der Waals surface area contributed by atoms with Crippen molar-refractivity contribution >= 4 is 23.3 Å². The summed E-state index contributed by atoms with van der Waals surface area (Å²) in [6.45, 7) is 3.50. The summed E-state index contributed by atoms with van der Waals surface area (Å²) in [4.78, 5) is 43.4. The normalized spacial score (nSPS) is 9.79. The first-order valence-corrected chi connectivity index (χ1v) is 9.64. The van der Waals surface area contributed by atoms with Crippen molar-refractivity contribution in [3.8, 4) is 0 Å². The zero-order valence-electron chi connectivity index (χ0n) is 18.2. The minimum absolute atomic E-state index is 0.00472. The van der Waals surface area contributed by atoms with Crippen molar-refractivity contribution in [3.05, 3.63) is 91.5 Å². The zero-order valence-corrected chi connectivity index (χ0v) is 18.2. The summed E-state index contributed by atoms with van der Waals surface area (Å²) < 4.78 is 9.08. The van der Waals surface area contributed by atoms with E-state index >= 15 is 0 Å². The molecular weight excluding hydrogens is 436 g/mol. The molecule has 33 heavy (non-hydrogen) atoms. The van der Waals surface area contributed by atoms with Gasteiger partial charge in [-0.15, -0.1) is 6.58 Å². The molecule has 11 nitrogen and oxygen atoms in total. The first-order chi connectivity index (χ1) is 15.7. The Labute approximate surface area is 189 Å². The molecule has 0 atom stereocenters. The molecular formula is C22H24N2O9. The van der Waals surface area contributed by atoms with E-state index in [1.807, 2.05) is 0 Å². The summed E-state index contributed by atoms with van der Waals surface area (Å²) in [6.07, 6.45) is 2.78. The number of methoxy groups -OCH3 is 2. The minimum atomic E-state index is -0.731. The van der Waals surface area contributed by atoms with Crippen LogP contribution >= 0.6 is 0 Å². The number of aliphatic hydroxyl groups excluding tert-OH is 1. The van der Waals surface area contributed by atoms with Crippen LogP contribution in [0.15, 0.2) is 49.1 Å². The first kappa shape index (κ1) is 26.9. The highest BCUT2D eigenvalue weighted by Crippen LogP contribution is 2.25. The van der Waals surface area contributed by atoms with Gasteiger partial charge in [0.1, 0.15) is 11.1 Å². The number of carbonyl (C=O) groups excluding carboxylic acids is 2. The van der Waals surface area contributed by atoms with Gasteiger partial charge in [0.15, 0.2) is 0 Å². The number of rotatable bonds is 9. The highest BCUT2D eigenvalue weighted by atomic mass is 16.6. The standard InChI is InChI=1S/C11H13NO5.C11H11NO4/c1-17-11(14)10-8(5-3-7-13)4-2-6-9(10)12(15)16;1-3-5-8-6-4-7-9(12(14)15)10(8)11(13)16-2/h2,4,6,13H,3,5,7H2,1H3;3-4,6-7H,1,5H2,2H3. The van der Waals surface area contributed by atoms with Crippen molar-refractivity contribution in [3.63, 3.8) is 0 Å². The highest BCUT2D eigenvalue weighted by molar-refractivity contribution is 5.96. The summed E-state index contributed by atoms with van der Waals surface area (Å²) in [6, 6.07) is 8.84. The summed E-state index contributed by atoms with van der Waals surface area (Å²) >= 11 is 0. The number of aliphatic hydroxyl groups is 1. The van der Waals surface area contributed by atoms with Gasteiger partial charge in [0.2, 0.25) is 0 Å². The van der Waals surface area contributed by atoms with E-state index in [-0.39, 0.29) is 29.1 Å². The van der Waals surface area contributed by atoms with Gasteiger partial charge in [-0.1, -0.05) is 30.3 Å². The predicted molar refractivity (Wildman–Crippen MR) is 118 cm³/mol. The number of benzene rings is 2. The second-order valence-electron chi connectivity index (χ2n) is 6.44. The largest absolute Gasteiger partial charge is 0.465 e. The van der Waals surface area contributed by atoms with Crippen molar-refractivity contribution < 1.29 is 34.0 Å². The van der Waals surface area contributed by atoms with Crippen molar-refractivity contribution in [1.82, 2.24) is 0 Å². The predicted octanol–water partition coefficient (Wildman–Crippen LogP) is 3.42. The number of nitro groups is 2. The van der Waals surface area contributed by atoms with Crippen LogP contribution in [-0.2, 0) is 22.3 Å². The third kappa shape index (κ3) is 7.21. The van der Waals surface area contributed by atoms with E-state index in [0.717, 1.165) is 0 Å². The second kappa shape index (κ2) is 13.3. The highest BCUT2D eigenvalue weighted by Gasteiger charge is 2.24. The van der Waals surface area contributed by atoms with Gasteiger partial charge in [-0.3, -0.25) is 20.2 Å². The Morgan fingerprint density at radius 3 is 1.79 bits per heavy atom. The molecule has 0 spiro atoms. The number of nitrogens with zero attached hydrogens (tertiary/aromatic N) is 2. The molecule has 2 aromatic rings. The van der Waals surface area contributed by atoms with Gasteiger partial charge in [-0.05, 0) is 30.4 Å². The van der Waals surface area contributed by atoms with E-state index < -0.39 is 21.8 Å². The van der Waals surface area contributed by atoms with Gasteiger partial charge in [0.05, 0.1) is 24.1 Å². The number of ether oxygens (including phenoxy) is 2. The molecule has 0 fully saturated rings. The van der Waals surface area contributed by atoms with Crippen molar-refractivity contribution in [1.29, 1.82) is 0 Å². The Hall–Kier alpha value is -4.12. The van der Waals surface area contributed by atoms with Crippen LogP contribution in [0.4, 0.5) is 11.4 Å². The number of hydrogen-bond acceptors (Lipinski definition) is 9. The van der Waals surface area contributed by atoms with Crippen LogP contribution in [0.1, 0.15) is 38.3 Å². The maximum absolute atomic E-state index is 11.5. The Morgan fingerprint density at radius 2 is 1.39 bits per heavy atom. The molecule has 0 aliphatic rings. The van der Waals surface area contributed by atoms with Gasteiger partial charge in [0, 0.05) is 18.7 Å². The number of aryl methyl sites for hydroxylation is 1. The Morgan fingerprint density at radius 1 is 0.939 bits per heavy atom. The lowest BCUT2D eigenvalue weighted by Gasteiger charge is -2.07. The van der Waals surface area contributed by atoms with Crippen LogP contribution in [0.5, 0.6) is 0 Å². The summed E-state index contributed by atoms with van der Waals surface area (Å²) in [7, 11) is 2.37. The molecule has 1 N–H and O–H groups in total. The number of carbonyl (C=O) groups is 2. The quantitative estimate of drug-likeness (QED) is 0.256. The monoisotopic (exact) mass is 460 g/mol. The van der Waals surface area contributed by atoms with Gasteiger partial charge >= 0.3 is 11.9 Å². The molecule has 0 saturated heterocycles. The molecule has 0 saturated carbocycles. The summed E-state index contributed by atoms with van der Waals surface area (Å²) in [5.41, 5.74) is 0.498. The maximum Gasteiger partial charge on any atom is 0.345 e. The van der Waals surface area contributed by atoms with E-state index in [1.54, 1.807) is 18.2 Å². The topological polar surface area (TPSA) is 159 Å². The molecule has 11 heteroatoms. The number of hydrogen-bond donors (Lipinski definition) is 1. The Balaban J connectivity index is 0.000000331. The average molecular weight is 460 g/mol. The maximum atomic E-state index is 11.5. The zero-order chi connectivity index (χ0) is 25.0. The van der Waals surface area contributed by atoms with Gasteiger partial charge < -0.3 is 14.6 Å². The average Bonchev–Trinajstić information content (AvgIpc) is 2.81. The molecule has 0 heterocycles. The lowest BCUT2D eigenvalue weighted by Crippen LogP contribution is -2.10. The fraction of sp³-hybridized carbons (Fsp3) is 0.273. The number of esters is 2. The Kier molecular flexibility index (Phi) is 10.9. The third-order valence-corrected chi connectivity index (χ3v) is 4.40. The van der Waals surface area contributed by atoms with Gasteiger partial charge in [0.25, 0.3) is 11.4 Å². The van der Waals surface area contributed by atoms with Crippen LogP contribution in [0.25, 0.3) is 0 Å². The summed E-state index contributed by atoms with van der Waals surface area (Å²) in [5.74, 6) is -1.44. The smallest absolute Gasteiger partial charge is 0.345 e. The number of allylic oxidation sites excluding steroid dienone is 1. The molecule has 0 aromatic heterocycles. The second-order valence-corrected chi connectivity index (χ2v) is 6.44. The lowest BCUT2D eigenvalue weighted by atomic mass is 10.0. The molecule has 0 amide bonds. The summed E-state index contributed by atoms with van der Waals surface area (Å²) in [5, 5.41) is 30.3. The van der Waals surface area contributed by atoms with Crippen LogP contribution in [0.3, 0.4) is 0 Å². The molecule has 0 unspecified atom stereocenters. The molecule has 0 aliphatic heterocycles. The van der Waals surface area contributed by atoms with E-state index in [9.17, 15) is 29.8 Å². The molecule has 0 radical (unpaired) electrons. The number of nitro benzene ring substituents is 2. The van der Waals surface area contributed by atoms with Crippen LogP contribution in [0, 0.1) is 20.2 Å². The van der Waals surface area contributed by atoms with E-state index in [2.05, 4.69) is 16.1 Å². The van der Waals surface area contributed by atoms with E-state index in [1.165, 1.54) is 38.5 Å². The third-order valence-electron chi connectivity index (χ3n) is 4.40. The van der Waals surface area contributed by atoms with Crippen molar-refractivity contribution in [2.75, 3.05) is 20.8 Å². The van der Waals surface area contributed by atoms with Crippen molar-refractivity contribution in [2.45, 2.75) is 19.3 Å². The minimum Gasteiger partial charge on any atom is -0.465 e. The van der Waals surface area contributed by atoms with Crippen LogP contribution in [0.2, 0.25) is 0 Å². The Bertz CT molecular complexity index is 1030. The molecule has 2 aromatic carbocycles. The molecule has 0 bridgehead atoms. The van der Waals surface area contributed by atoms with Gasteiger partial charge in [-0.25, -0.2) is 9.59 Å². The van der Waals surface area contributed by atoms with Crippen molar-refractivity contribution in [2.24, 2.45) is 0 Å². The SMILES string of the molecule is C=CCc1cccc([N+](=O)[O-])c1C(=O)OC.COC(=O)c1c(CCCO)cccc1[N+](=O)[O-]. The van der Waals surface area contributed by atoms with Crippen LogP contribution < -0.4 is 0 Å². The fourth-order valence-corrected chi connectivity index (χ4v) is 2.96. The van der Waals surface area contributed by atoms with E-state index in [0.29, 0.717) is 30.4 Å². The first-order valence-electron chi connectivity index (χ1n) is 9.64. The molecule has 0 aliphatic carbocycles. The lowest BCUT2D eigenvalue weighted by molar-refractivity contribution is -0.385. The van der Waals surface area contributed by atoms with E-state index in [4.69, 9.17) is 5.11 Å². The molecule has 176 valence electrons. The molecule has 2 rings (SSSR count). The fourth-order valence-electron chi connectivity index (χ4n) is 2.96.